The van der Waals surface area contributed by atoms with Crippen LogP contribution < -0.4 is 10.2 Å². The minimum Gasteiger partial charge on any atom is -0.465 e. The van der Waals surface area contributed by atoms with Gasteiger partial charge in [0.2, 0.25) is 0 Å². The van der Waals surface area contributed by atoms with E-state index in [4.69, 9.17) is 21.4 Å². The molecule has 0 atom stereocenters. The van der Waals surface area contributed by atoms with Gasteiger partial charge < -0.3 is 19.6 Å². The minimum absolute atomic E-state index is 0.411. The second-order valence-electron chi connectivity index (χ2n) is 6.55. The number of amides is 2. The minimum atomic E-state index is -0.905. The average molecular weight is 356 g/mol. The van der Waals surface area contributed by atoms with E-state index in [9.17, 15) is 9.59 Å². The molecule has 1 aromatic carbocycles. The summed E-state index contributed by atoms with van der Waals surface area (Å²) in [6.45, 7) is 7.39. The van der Waals surface area contributed by atoms with Crippen LogP contribution in [-0.2, 0) is 4.74 Å². The van der Waals surface area contributed by atoms with Gasteiger partial charge >= 0.3 is 12.2 Å². The SMILES string of the molecule is CC(C)(C)OC(=O)Nc1cc(N2CCN(C(=O)O)CC2)ccc1Cl. The Labute approximate surface area is 146 Å². The van der Waals surface area contributed by atoms with Crippen molar-refractivity contribution in [2.75, 3.05) is 36.4 Å². The van der Waals surface area contributed by atoms with Crippen LogP contribution >= 0.6 is 11.6 Å². The Kier molecular flexibility index (Phi) is 5.43. The maximum absolute atomic E-state index is 11.9. The van der Waals surface area contributed by atoms with E-state index in [0.717, 1.165) is 5.69 Å². The van der Waals surface area contributed by atoms with E-state index in [1.54, 1.807) is 32.9 Å². The number of nitrogens with one attached hydrogen (secondary N) is 1. The van der Waals surface area contributed by atoms with Crippen LogP contribution in [0.3, 0.4) is 0 Å². The number of halogens is 1. The quantitative estimate of drug-likeness (QED) is 0.848. The summed E-state index contributed by atoms with van der Waals surface area (Å²) >= 11 is 6.14. The number of hydrogen-bond donors (Lipinski definition) is 2. The number of hydrogen-bond acceptors (Lipinski definition) is 4. The predicted octanol–water partition coefficient (Wildman–Crippen LogP) is 3.49. The molecule has 132 valence electrons. The molecule has 24 heavy (non-hydrogen) atoms. The summed E-state index contributed by atoms with van der Waals surface area (Å²) < 4.78 is 5.23. The first-order valence-corrected chi connectivity index (χ1v) is 8.06. The molecule has 0 aliphatic carbocycles. The van der Waals surface area contributed by atoms with Gasteiger partial charge in [0.25, 0.3) is 0 Å². The molecule has 1 aliphatic rings. The van der Waals surface area contributed by atoms with Gasteiger partial charge in [0.1, 0.15) is 5.60 Å². The Balaban J connectivity index is 2.06. The number of piperazine rings is 1. The highest BCUT2D eigenvalue weighted by atomic mass is 35.5. The molecule has 2 rings (SSSR count). The summed E-state index contributed by atoms with van der Waals surface area (Å²) in [4.78, 5) is 26.3. The summed E-state index contributed by atoms with van der Waals surface area (Å²) in [5.41, 5.74) is 0.737. The van der Waals surface area contributed by atoms with Gasteiger partial charge in [-0.15, -0.1) is 0 Å². The second kappa shape index (κ2) is 7.17. The molecule has 0 radical (unpaired) electrons. The van der Waals surface area contributed by atoms with Gasteiger partial charge in [0.15, 0.2) is 0 Å². The number of carboxylic acid groups (broad SMARTS) is 1. The third kappa shape index (κ3) is 4.92. The average Bonchev–Trinajstić information content (AvgIpc) is 2.47. The number of anilines is 2. The van der Waals surface area contributed by atoms with Gasteiger partial charge in [-0.05, 0) is 39.0 Å². The van der Waals surface area contributed by atoms with Gasteiger partial charge in [0.05, 0.1) is 10.7 Å². The fourth-order valence-corrected chi connectivity index (χ4v) is 2.54. The zero-order valence-electron chi connectivity index (χ0n) is 14.0. The van der Waals surface area contributed by atoms with Crippen molar-refractivity contribution in [3.05, 3.63) is 23.2 Å². The lowest BCUT2D eigenvalue weighted by atomic mass is 10.2. The smallest absolute Gasteiger partial charge is 0.412 e. The van der Waals surface area contributed by atoms with E-state index in [-0.39, 0.29) is 0 Å². The third-order valence-electron chi connectivity index (χ3n) is 3.50. The van der Waals surface area contributed by atoms with Crippen molar-refractivity contribution in [3.8, 4) is 0 Å². The highest BCUT2D eigenvalue weighted by Gasteiger charge is 2.22. The molecular weight excluding hydrogens is 334 g/mol. The van der Waals surface area contributed by atoms with E-state index in [0.29, 0.717) is 36.9 Å². The summed E-state index contributed by atoms with van der Waals surface area (Å²) in [6.07, 6.45) is -1.48. The van der Waals surface area contributed by atoms with E-state index < -0.39 is 17.8 Å². The Morgan fingerprint density at radius 2 is 1.83 bits per heavy atom. The zero-order valence-corrected chi connectivity index (χ0v) is 14.8. The Morgan fingerprint density at radius 1 is 1.21 bits per heavy atom. The largest absolute Gasteiger partial charge is 0.465 e. The first-order valence-electron chi connectivity index (χ1n) is 7.68. The molecule has 0 aromatic heterocycles. The molecular formula is C16H22ClN3O4. The van der Waals surface area contributed by atoms with Crippen LogP contribution in [0.4, 0.5) is 21.0 Å². The van der Waals surface area contributed by atoms with E-state index in [1.165, 1.54) is 4.90 Å². The molecule has 1 aliphatic heterocycles. The van der Waals surface area contributed by atoms with E-state index in [2.05, 4.69) is 10.2 Å². The topological polar surface area (TPSA) is 82.1 Å². The first-order chi connectivity index (χ1) is 11.2. The zero-order chi connectivity index (χ0) is 17.9. The normalized spacial score (nSPS) is 15.2. The number of carbonyl (C=O) groups is 2. The highest BCUT2D eigenvalue weighted by Crippen LogP contribution is 2.28. The summed E-state index contributed by atoms with van der Waals surface area (Å²) in [5.74, 6) is 0. The third-order valence-corrected chi connectivity index (χ3v) is 3.83. The Morgan fingerprint density at radius 3 is 2.38 bits per heavy atom. The predicted molar refractivity (Wildman–Crippen MR) is 93.1 cm³/mol. The number of nitrogens with zero attached hydrogens (tertiary/aromatic N) is 2. The van der Waals surface area contributed by atoms with Gasteiger partial charge in [-0.1, -0.05) is 11.6 Å². The lowest BCUT2D eigenvalue weighted by Crippen LogP contribution is -2.48. The van der Waals surface area contributed by atoms with Crippen LogP contribution in [0.25, 0.3) is 0 Å². The van der Waals surface area contributed by atoms with Gasteiger partial charge in [0, 0.05) is 31.9 Å². The summed E-state index contributed by atoms with van der Waals surface area (Å²) in [7, 11) is 0. The van der Waals surface area contributed by atoms with Crippen LogP contribution in [0.15, 0.2) is 18.2 Å². The van der Waals surface area contributed by atoms with Crippen molar-refractivity contribution in [2.45, 2.75) is 26.4 Å². The molecule has 0 unspecified atom stereocenters. The van der Waals surface area contributed by atoms with Crippen molar-refractivity contribution >= 4 is 35.2 Å². The Hall–Kier alpha value is -2.15. The van der Waals surface area contributed by atoms with Crippen LogP contribution in [0.2, 0.25) is 5.02 Å². The van der Waals surface area contributed by atoms with Crippen LogP contribution in [0, 0.1) is 0 Å². The highest BCUT2D eigenvalue weighted by molar-refractivity contribution is 6.33. The molecule has 1 heterocycles. The van der Waals surface area contributed by atoms with Crippen LogP contribution in [0.1, 0.15) is 20.8 Å². The van der Waals surface area contributed by atoms with Crippen molar-refractivity contribution < 1.29 is 19.4 Å². The molecule has 2 amide bonds. The lowest BCUT2D eigenvalue weighted by molar-refractivity contribution is 0.0636. The van der Waals surface area contributed by atoms with Crippen LogP contribution in [-0.4, -0.2) is 54.0 Å². The summed E-state index contributed by atoms with van der Waals surface area (Å²) in [6, 6.07) is 5.31. The molecule has 1 aromatic rings. The maximum atomic E-state index is 11.9. The summed E-state index contributed by atoms with van der Waals surface area (Å²) in [5, 5.41) is 12.1. The number of ether oxygens (including phenoxy) is 1. The molecule has 0 spiro atoms. The molecule has 1 fully saturated rings. The second-order valence-corrected chi connectivity index (χ2v) is 6.95. The van der Waals surface area contributed by atoms with Crippen molar-refractivity contribution in [1.82, 2.24) is 4.90 Å². The Bertz CT molecular complexity index is 622. The molecule has 7 nitrogen and oxygen atoms in total. The molecule has 1 saturated heterocycles. The number of benzene rings is 1. The molecule has 0 saturated carbocycles. The number of carbonyl (C=O) groups excluding carboxylic acids is 1. The van der Waals surface area contributed by atoms with E-state index >= 15 is 0 Å². The standard InChI is InChI=1S/C16H22ClN3O4/c1-16(2,3)24-14(21)18-13-10-11(4-5-12(13)17)19-6-8-20(9-7-19)15(22)23/h4-5,10H,6-9H2,1-3H3,(H,18,21)(H,22,23). The van der Waals surface area contributed by atoms with E-state index in [1.807, 2.05) is 6.07 Å². The van der Waals surface area contributed by atoms with Crippen LogP contribution in [0.5, 0.6) is 0 Å². The lowest BCUT2D eigenvalue weighted by Gasteiger charge is -2.34. The molecule has 0 bridgehead atoms. The van der Waals surface area contributed by atoms with Crippen molar-refractivity contribution in [1.29, 1.82) is 0 Å². The fraction of sp³-hybridized carbons (Fsp3) is 0.500. The first kappa shape index (κ1) is 18.2. The van der Waals surface area contributed by atoms with Crippen molar-refractivity contribution in [2.24, 2.45) is 0 Å². The maximum Gasteiger partial charge on any atom is 0.412 e. The van der Waals surface area contributed by atoms with Crippen molar-refractivity contribution in [3.63, 3.8) is 0 Å². The molecule has 2 N–H and O–H groups in total. The monoisotopic (exact) mass is 355 g/mol. The molecule has 8 heteroatoms. The van der Waals surface area contributed by atoms with Gasteiger partial charge in [-0.3, -0.25) is 5.32 Å². The van der Waals surface area contributed by atoms with Gasteiger partial charge in [-0.2, -0.15) is 0 Å². The fourth-order valence-electron chi connectivity index (χ4n) is 2.38. The number of rotatable bonds is 2. The van der Waals surface area contributed by atoms with Gasteiger partial charge in [-0.25, -0.2) is 9.59 Å².